The zero-order chi connectivity index (χ0) is 14.5. The van der Waals surface area contributed by atoms with Crippen LogP contribution in [0.3, 0.4) is 0 Å². The fraction of sp³-hybridized carbons (Fsp3) is 0.529. The van der Waals surface area contributed by atoms with E-state index in [-0.39, 0.29) is 11.9 Å². The molecule has 1 atom stereocenters. The van der Waals surface area contributed by atoms with Gasteiger partial charge < -0.3 is 10.2 Å². The molecule has 0 amide bonds. The van der Waals surface area contributed by atoms with Crippen molar-refractivity contribution in [3.8, 4) is 0 Å². The number of benzene rings is 1. The Morgan fingerprint density at radius 1 is 1.50 bits per heavy atom. The van der Waals surface area contributed by atoms with Gasteiger partial charge in [-0.1, -0.05) is 25.1 Å². The summed E-state index contributed by atoms with van der Waals surface area (Å²) in [7, 11) is 0. The molecule has 0 spiro atoms. The van der Waals surface area contributed by atoms with Gasteiger partial charge in [0, 0.05) is 18.6 Å². The molecule has 2 rings (SSSR count). The lowest BCUT2D eigenvalue weighted by molar-refractivity contribution is 0.559. The van der Waals surface area contributed by atoms with Crippen molar-refractivity contribution in [2.24, 2.45) is 0 Å². The molecular weight excluding hydrogens is 251 g/mol. The fourth-order valence-electron chi connectivity index (χ4n) is 2.60. The van der Waals surface area contributed by atoms with E-state index in [0.29, 0.717) is 12.6 Å². The Kier molecular flexibility index (Phi) is 5.18. The fourth-order valence-corrected chi connectivity index (χ4v) is 2.60. The summed E-state index contributed by atoms with van der Waals surface area (Å²) in [5.41, 5.74) is 1.80. The number of nitrogens with zero attached hydrogens (tertiary/aromatic N) is 1. The molecule has 1 aliphatic rings. The van der Waals surface area contributed by atoms with Gasteiger partial charge in [0.15, 0.2) is 0 Å². The van der Waals surface area contributed by atoms with Crippen LogP contribution < -0.4 is 10.2 Å². The van der Waals surface area contributed by atoms with Crippen molar-refractivity contribution in [2.75, 3.05) is 18.0 Å². The molecule has 3 heteroatoms. The van der Waals surface area contributed by atoms with Crippen LogP contribution in [-0.4, -0.2) is 19.1 Å². The molecule has 1 aromatic rings. The summed E-state index contributed by atoms with van der Waals surface area (Å²) >= 11 is 0. The largest absolute Gasteiger partial charge is 0.362 e. The lowest BCUT2D eigenvalue weighted by Gasteiger charge is -2.28. The van der Waals surface area contributed by atoms with Crippen molar-refractivity contribution in [3.63, 3.8) is 0 Å². The van der Waals surface area contributed by atoms with E-state index in [2.05, 4.69) is 30.6 Å². The summed E-state index contributed by atoms with van der Waals surface area (Å²) in [6, 6.07) is 6.03. The van der Waals surface area contributed by atoms with E-state index in [1.165, 1.54) is 0 Å². The Morgan fingerprint density at radius 3 is 2.85 bits per heavy atom. The van der Waals surface area contributed by atoms with Crippen molar-refractivity contribution in [3.05, 3.63) is 42.2 Å². The quantitative estimate of drug-likeness (QED) is 0.721. The minimum Gasteiger partial charge on any atom is -0.362 e. The van der Waals surface area contributed by atoms with E-state index in [0.717, 1.165) is 37.1 Å². The summed E-state index contributed by atoms with van der Waals surface area (Å²) in [6.07, 6.45) is 5.24. The number of halogens is 1. The first-order chi connectivity index (χ1) is 9.69. The smallest absolute Gasteiger partial charge is 0.146 e. The molecule has 0 bridgehead atoms. The molecule has 0 aromatic heterocycles. The van der Waals surface area contributed by atoms with E-state index >= 15 is 0 Å². The van der Waals surface area contributed by atoms with Crippen molar-refractivity contribution in [2.45, 2.75) is 45.2 Å². The first-order valence-electron chi connectivity index (χ1n) is 7.58. The molecule has 2 nitrogen and oxygen atoms in total. The molecule has 0 saturated heterocycles. The van der Waals surface area contributed by atoms with Gasteiger partial charge >= 0.3 is 0 Å². The van der Waals surface area contributed by atoms with Gasteiger partial charge in [-0.2, -0.15) is 0 Å². The maximum Gasteiger partial charge on any atom is 0.146 e. The maximum atomic E-state index is 14.4. The van der Waals surface area contributed by atoms with Crippen molar-refractivity contribution >= 4 is 5.69 Å². The van der Waals surface area contributed by atoms with Crippen LogP contribution in [-0.2, 0) is 0 Å². The molecule has 1 N–H and O–H groups in total. The van der Waals surface area contributed by atoms with E-state index in [4.69, 9.17) is 0 Å². The number of hydrogen-bond donors (Lipinski definition) is 1. The monoisotopic (exact) mass is 276 g/mol. The second-order valence-electron chi connectivity index (χ2n) is 5.53. The lowest BCUT2D eigenvalue weighted by atomic mass is 10.0. The second-order valence-corrected chi connectivity index (χ2v) is 5.53. The van der Waals surface area contributed by atoms with E-state index in [1.54, 1.807) is 12.1 Å². The van der Waals surface area contributed by atoms with Gasteiger partial charge in [0.2, 0.25) is 0 Å². The zero-order valence-electron chi connectivity index (χ0n) is 12.5. The van der Waals surface area contributed by atoms with E-state index < -0.39 is 0 Å². The third-order valence-corrected chi connectivity index (χ3v) is 3.79. The summed E-state index contributed by atoms with van der Waals surface area (Å²) in [6.45, 7) is 9.71. The molecule has 0 heterocycles. The third kappa shape index (κ3) is 3.40. The Hall–Kier alpha value is -1.35. The SMILES string of the molecule is C=CCN(c1c(F)cccc1C(C)NCCC)C1CC1. The van der Waals surface area contributed by atoms with E-state index in [1.807, 2.05) is 12.1 Å². The average molecular weight is 276 g/mol. The van der Waals surface area contributed by atoms with Gasteiger partial charge in [-0.25, -0.2) is 4.39 Å². The molecule has 1 unspecified atom stereocenters. The van der Waals surface area contributed by atoms with Gasteiger partial charge in [0.05, 0.1) is 5.69 Å². The normalized spacial score (nSPS) is 15.9. The second kappa shape index (κ2) is 6.89. The molecule has 20 heavy (non-hydrogen) atoms. The predicted octanol–water partition coefficient (Wildman–Crippen LogP) is 4.04. The Labute approximate surface area is 121 Å². The standard InChI is InChI=1S/C17H25FN2/c1-4-11-19-13(3)15-7-6-8-16(18)17(15)20(12-5-2)14-9-10-14/h5-8,13-14,19H,2,4,9-12H2,1,3H3. The molecule has 0 aliphatic heterocycles. The van der Waals surface area contributed by atoms with Crippen LogP contribution in [0.1, 0.15) is 44.7 Å². The Morgan fingerprint density at radius 2 is 2.25 bits per heavy atom. The van der Waals surface area contributed by atoms with Crippen LogP contribution in [0, 0.1) is 5.82 Å². The van der Waals surface area contributed by atoms with Crippen LogP contribution in [0.5, 0.6) is 0 Å². The molecule has 0 radical (unpaired) electrons. The highest BCUT2D eigenvalue weighted by molar-refractivity contribution is 5.58. The van der Waals surface area contributed by atoms with Crippen molar-refractivity contribution < 1.29 is 4.39 Å². The van der Waals surface area contributed by atoms with E-state index in [9.17, 15) is 4.39 Å². The predicted molar refractivity (Wildman–Crippen MR) is 83.7 cm³/mol. The van der Waals surface area contributed by atoms with Gasteiger partial charge in [0.1, 0.15) is 5.82 Å². The summed E-state index contributed by atoms with van der Waals surface area (Å²) in [5, 5.41) is 3.45. The van der Waals surface area contributed by atoms with Gasteiger partial charge in [-0.3, -0.25) is 0 Å². The first-order valence-corrected chi connectivity index (χ1v) is 7.58. The summed E-state index contributed by atoms with van der Waals surface area (Å²) in [5.74, 6) is -0.124. The van der Waals surface area contributed by atoms with Gasteiger partial charge in [-0.15, -0.1) is 6.58 Å². The highest BCUT2D eigenvalue weighted by atomic mass is 19.1. The molecule has 1 fully saturated rings. The molecular formula is C17H25FN2. The number of para-hydroxylation sites is 1. The van der Waals surface area contributed by atoms with Crippen molar-refractivity contribution in [1.29, 1.82) is 0 Å². The molecule has 110 valence electrons. The highest BCUT2D eigenvalue weighted by Gasteiger charge is 2.32. The van der Waals surface area contributed by atoms with Crippen LogP contribution in [0.25, 0.3) is 0 Å². The first kappa shape index (κ1) is 15.0. The van der Waals surface area contributed by atoms with Crippen molar-refractivity contribution in [1.82, 2.24) is 5.32 Å². The third-order valence-electron chi connectivity index (χ3n) is 3.79. The number of rotatable bonds is 8. The molecule has 1 aliphatic carbocycles. The van der Waals surface area contributed by atoms with Gasteiger partial charge in [-0.05, 0) is 44.4 Å². The van der Waals surface area contributed by atoms with Crippen LogP contribution in [0.2, 0.25) is 0 Å². The Bertz CT molecular complexity index is 454. The lowest BCUT2D eigenvalue weighted by Crippen LogP contribution is -2.30. The minimum absolute atomic E-state index is 0.124. The number of anilines is 1. The molecule has 1 aromatic carbocycles. The minimum atomic E-state index is -0.124. The Balaban J connectivity index is 2.31. The van der Waals surface area contributed by atoms with Crippen LogP contribution in [0.4, 0.5) is 10.1 Å². The van der Waals surface area contributed by atoms with Crippen LogP contribution in [0.15, 0.2) is 30.9 Å². The number of nitrogens with one attached hydrogen (secondary N) is 1. The number of hydrogen-bond acceptors (Lipinski definition) is 2. The van der Waals surface area contributed by atoms with Gasteiger partial charge in [0.25, 0.3) is 0 Å². The summed E-state index contributed by atoms with van der Waals surface area (Å²) in [4.78, 5) is 2.17. The van der Waals surface area contributed by atoms with Crippen LogP contribution >= 0.6 is 0 Å². The average Bonchev–Trinajstić information content (AvgIpc) is 3.27. The highest BCUT2D eigenvalue weighted by Crippen LogP contribution is 2.37. The zero-order valence-corrected chi connectivity index (χ0v) is 12.5. The topological polar surface area (TPSA) is 15.3 Å². The molecule has 1 saturated carbocycles. The summed E-state index contributed by atoms with van der Waals surface area (Å²) < 4.78 is 14.4. The maximum absolute atomic E-state index is 14.4.